The number of carbonyl (C=O) groups excluding carboxylic acids is 1. The first-order valence-electron chi connectivity index (χ1n) is 6.07. The summed E-state index contributed by atoms with van der Waals surface area (Å²) >= 11 is 17.6. The summed E-state index contributed by atoms with van der Waals surface area (Å²) in [7, 11) is 0. The summed E-state index contributed by atoms with van der Waals surface area (Å²) in [6.07, 6.45) is 2.93. The van der Waals surface area contributed by atoms with Gasteiger partial charge in [0.25, 0.3) is 0 Å². The number of ether oxygens (including phenoxy) is 1. The molecular formula is C16H11Cl3O2. The summed E-state index contributed by atoms with van der Waals surface area (Å²) in [5, 5.41) is 1.52. The maximum Gasteiger partial charge on any atom is 0.336 e. The van der Waals surface area contributed by atoms with Crippen LogP contribution in [-0.2, 0) is 4.79 Å². The van der Waals surface area contributed by atoms with Crippen molar-refractivity contribution in [3.05, 3.63) is 68.7 Å². The molecule has 108 valence electrons. The van der Waals surface area contributed by atoms with Gasteiger partial charge in [0.15, 0.2) is 0 Å². The SMILES string of the molecule is Cc1cc(OC(=O)/C=C/c2ccc(Cl)c(Cl)c2)ccc1Cl. The Morgan fingerprint density at radius 1 is 1.00 bits per heavy atom. The minimum atomic E-state index is -0.484. The van der Waals surface area contributed by atoms with Gasteiger partial charge in [-0.2, -0.15) is 0 Å². The number of halogens is 3. The molecule has 0 aliphatic heterocycles. The van der Waals surface area contributed by atoms with E-state index in [1.165, 1.54) is 6.08 Å². The lowest BCUT2D eigenvalue weighted by molar-refractivity contribution is -0.128. The molecule has 0 aliphatic carbocycles. The van der Waals surface area contributed by atoms with Crippen LogP contribution in [0.1, 0.15) is 11.1 Å². The third-order valence-corrected chi connectivity index (χ3v) is 3.87. The summed E-state index contributed by atoms with van der Waals surface area (Å²) in [4.78, 5) is 11.7. The van der Waals surface area contributed by atoms with Crippen molar-refractivity contribution in [1.82, 2.24) is 0 Å². The minimum Gasteiger partial charge on any atom is -0.423 e. The van der Waals surface area contributed by atoms with Gasteiger partial charge in [0.2, 0.25) is 0 Å². The predicted octanol–water partition coefficient (Wildman–Crippen LogP) is 5.57. The molecule has 0 N–H and O–H groups in total. The molecule has 0 aliphatic rings. The Labute approximate surface area is 137 Å². The van der Waals surface area contributed by atoms with Crippen LogP contribution in [-0.4, -0.2) is 5.97 Å². The second-order valence-corrected chi connectivity index (χ2v) is 5.56. The number of hydrogen-bond acceptors (Lipinski definition) is 2. The molecule has 0 unspecified atom stereocenters. The number of esters is 1. The molecule has 0 fully saturated rings. The number of benzene rings is 2. The van der Waals surface area contributed by atoms with E-state index < -0.39 is 5.97 Å². The molecule has 0 spiro atoms. The standard InChI is InChI=1S/C16H11Cl3O2/c1-10-8-12(4-6-13(10)17)21-16(20)7-3-11-2-5-14(18)15(19)9-11/h2-9H,1H3/b7-3+. The van der Waals surface area contributed by atoms with Crippen molar-refractivity contribution < 1.29 is 9.53 Å². The van der Waals surface area contributed by atoms with E-state index in [9.17, 15) is 4.79 Å². The number of carbonyl (C=O) groups is 1. The number of hydrogen-bond donors (Lipinski definition) is 0. The van der Waals surface area contributed by atoms with E-state index in [4.69, 9.17) is 39.5 Å². The first-order chi connectivity index (χ1) is 9.95. The van der Waals surface area contributed by atoms with E-state index in [1.807, 2.05) is 6.92 Å². The maximum atomic E-state index is 11.7. The maximum absolute atomic E-state index is 11.7. The third kappa shape index (κ3) is 4.50. The van der Waals surface area contributed by atoms with Crippen molar-refractivity contribution in [2.75, 3.05) is 0 Å². The van der Waals surface area contributed by atoms with Gasteiger partial charge < -0.3 is 4.74 Å². The summed E-state index contributed by atoms with van der Waals surface area (Å²) < 4.78 is 5.18. The van der Waals surface area contributed by atoms with E-state index in [0.717, 1.165) is 11.1 Å². The molecule has 5 heteroatoms. The highest BCUT2D eigenvalue weighted by Crippen LogP contribution is 2.23. The smallest absolute Gasteiger partial charge is 0.336 e. The third-order valence-electron chi connectivity index (χ3n) is 2.70. The van der Waals surface area contributed by atoms with Gasteiger partial charge in [-0.25, -0.2) is 4.79 Å². The molecule has 21 heavy (non-hydrogen) atoms. The van der Waals surface area contributed by atoms with Crippen LogP contribution in [0, 0.1) is 6.92 Å². The van der Waals surface area contributed by atoms with Gasteiger partial charge >= 0.3 is 5.97 Å². The fraction of sp³-hybridized carbons (Fsp3) is 0.0625. The average Bonchev–Trinajstić information content (AvgIpc) is 2.44. The highest BCUT2D eigenvalue weighted by atomic mass is 35.5. The molecule has 0 heterocycles. The van der Waals surface area contributed by atoms with Crippen LogP contribution in [0.25, 0.3) is 6.08 Å². The van der Waals surface area contributed by atoms with Crippen LogP contribution in [0.4, 0.5) is 0 Å². The van der Waals surface area contributed by atoms with Gasteiger partial charge in [0.1, 0.15) is 5.75 Å². The molecule has 0 aromatic heterocycles. The number of rotatable bonds is 3. The van der Waals surface area contributed by atoms with Gasteiger partial charge in [-0.3, -0.25) is 0 Å². The second-order valence-electron chi connectivity index (χ2n) is 4.34. The van der Waals surface area contributed by atoms with Crippen molar-refractivity contribution >= 4 is 46.8 Å². The van der Waals surface area contributed by atoms with E-state index in [2.05, 4.69) is 0 Å². The summed E-state index contributed by atoms with van der Waals surface area (Å²) in [5.41, 5.74) is 1.60. The Kier molecular flexibility index (Phi) is 5.29. The van der Waals surface area contributed by atoms with Crippen LogP contribution in [0.2, 0.25) is 15.1 Å². The highest BCUT2D eigenvalue weighted by molar-refractivity contribution is 6.42. The zero-order valence-corrected chi connectivity index (χ0v) is 13.3. The topological polar surface area (TPSA) is 26.3 Å². The van der Waals surface area contributed by atoms with Crippen molar-refractivity contribution in [1.29, 1.82) is 0 Å². The van der Waals surface area contributed by atoms with Gasteiger partial charge in [0, 0.05) is 11.1 Å². The molecule has 2 aromatic rings. The van der Waals surface area contributed by atoms with E-state index in [1.54, 1.807) is 42.5 Å². The predicted molar refractivity (Wildman–Crippen MR) is 87.3 cm³/mol. The molecule has 2 nitrogen and oxygen atoms in total. The summed E-state index contributed by atoms with van der Waals surface area (Å²) in [5.74, 6) is -0.0384. The van der Waals surface area contributed by atoms with Crippen LogP contribution in [0.15, 0.2) is 42.5 Å². The Morgan fingerprint density at radius 3 is 2.38 bits per heavy atom. The first kappa shape index (κ1) is 15.9. The molecule has 0 bridgehead atoms. The fourth-order valence-electron chi connectivity index (χ4n) is 1.61. The summed E-state index contributed by atoms with van der Waals surface area (Å²) in [6, 6.07) is 10.1. The molecule has 0 amide bonds. The number of aryl methyl sites for hydroxylation is 1. The van der Waals surface area contributed by atoms with Crippen molar-refractivity contribution in [3.63, 3.8) is 0 Å². The van der Waals surface area contributed by atoms with Crippen LogP contribution in [0.5, 0.6) is 5.75 Å². The molecule has 0 saturated carbocycles. The lowest BCUT2D eigenvalue weighted by atomic mass is 10.2. The normalized spacial score (nSPS) is 10.9. The van der Waals surface area contributed by atoms with Crippen LogP contribution in [0.3, 0.4) is 0 Å². The zero-order chi connectivity index (χ0) is 15.4. The monoisotopic (exact) mass is 340 g/mol. The Balaban J connectivity index is 2.05. The summed E-state index contributed by atoms with van der Waals surface area (Å²) in [6.45, 7) is 1.84. The van der Waals surface area contributed by atoms with Crippen molar-refractivity contribution in [2.24, 2.45) is 0 Å². The fourth-order valence-corrected chi connectivity index (χ4v) is 2.04. The Morgan fingerprint density at radius 2 is 1.71 bits per heavy atom. The van der Waals surface area contributed by atoms with Gasteiger partial charge in [0.05, 0.1) is 10.0 Å². The van der Waals surface area contributed by atoms with Gasteiger partial charge in [-0.05, 0) is 54.5 Å². The van der Waals surface area contributed by atoms with Crippen molar-refractivity contribution in [2.45, 2.75) is 6.92 Å². The lowest BCUT2D eigenvalue weighted by Gasteiger charge is -2.03. The molecular weight excluding hydrogens is 331 g/mol. The lowest BCUT2D eigenvalue weighted by Crippen LogP contribution is -2.03. The Bertz CT molecular complexity index is 709. The average molecular weight is 342 g/mol. The zero-order valence-electron chi connectivity index (χ0n) is 11.1. The van der Waals surface area contributed by atoms with Crippen LogP contribution < -0.4 is 4.74 Å². The minimum absolute atomic E-state index is 0.431. The quantitative estimate of drug-likeness (QED) is 0.414. The molecule has 0 radical (unpaired) electrons. The molecule has 0 saturated heterocycles. The van der Waals surface area contributed by atoms with E-state index >= 15 is 0 Å². The van der Waals surface area contributed by atoms with Gasteiger partial charge in [-0.1, -0.05) is 40.9 Å². The largest absolute Gasteiger partial charge is 0.423 e. The van der Waals surface area contributed by atoms with Gasteiger partial charge in [-0.15, -0.1) is 0 Å². The van der Waals surface area contributed by atoms with Crippen molar-refractivity contribution in [3.8, 4) is 5.75 Å². The van der Waals surface area contributed by atoms with Crippen LogP contribution >= 0.6 is 34.8 Å². The molecule has 2 aromatic carbocycles. The molecule has 2 rings (SSSR count). The van der Waals surface area contributed by atoms with E-state index in [0.29, 0.717) is 20.8 Å². The first-order valence-corrected chi connectivity index (χ1v) is 7.20. The van der Waals surface area contributed by atoms with E-state index in [-0.39, 0.29) is 0 Å². The second kappa shape index (κ2) is 6.99. The Hall–Kier alpha value is -1.48. The highest BCUT2D eigenvalue weighted by Gasteiger charge is 2.03. The molecule has 0 atom stereocenters.